The van der Waals surface area contributed by atoms with Crippen molar-refractivity contribution in [2.24, 2.45) is 4.99 Å². The Kier molecular flexibility index (Phi) is 6.38. The van der Waals surface area contributed by atoms with Crippen LogP contribution < -0.4 is 0 Å². The fourth-order valence-electron chi connectivity index (χ4n) is 1.00. The van der Waals surface area contributed by atoms with E-state index >= 15 is 0 Å². The third-order valence-corrected chi connectivity index (χ3v) is 1.50. The van der Waals surface area contributed by atoms with E-state index in [1.54, 1.807) is 0 Å². The highest BCUT2D eigenvalue weighted by atomic mass is 14.7. The first-order chi connectivity index (χ1) is 6.74. The number of benzene rings is 1. The lowest BCUT2D eigenvalue weighted by molar-refractivity contribution is 1.46. The van der Waals surface area contributed by atoms with E-state index in [9.17, 15) is 0 Å². The van der Waals surface area contributed by atoms with Crippen molar-refractivity contribution in [3.8, 4) is 0 Å². The summed E-state index contributed by atoms with van der Waals surface area (Å²) in [4.78, 5) is 4.38. The first kappa shape index (κ1) is 12.6. The van der Waals surface area contributed by atoms with Crippen LogP contribution >= 0.6 is 0 Å². The summed E-state index contributed by atoms with van der Waals surface area (Å²) in [5, 5.41) is 0. The molecule has 0 aliphatic carbocycles. The minimum atomic E-state index is 0.993. The molecule has 0 saturated carbocycles. The fourth-order valence-corrected chi connectivity index (χ4v) is 1.00. The second kappa shape index (κ2) is 7.07. The molecule has 0 aliphatic rings. The lowest BCUT2D eigenvalue weighted by atomic mass is 10.2. The third kappa shape index (κ3) is 4.04. The van der Waals surface area contributed by atoms with Gasteiger partial charge >= 0.3 is 0 Å². The molecule has 0 spiro atoms. The monoisotopic (exact) mass is 189 g/mol. The molecule has 1 aromatic rings. The number of nitrogens with zero attached hydrogens (tertiary/aromatic N) is 1. The second-order valence-corrected chi connectivity index (χ2v) is 2.82. The first-order valence-corrected chi connectivity index (χ1v) is 4.97. The van der Waals surface area contributed by atoms with Gasteiger partial charge in [-0.25, -0.2) is 0 Å². The van der Waals surface area contributed by atoms with E-state index < -0.39 is 0 Å². The van der Waals surface area contributed by atoms with Gasteiger partial charge in [-0.2, -0.15) is 0 Å². The van der Waals surface area contributed by atoms with Crippen LogP contribution in [0.1, 0.15) is 33.3 Å². The van der Waals surface area contributed by atoms with Crippen LogP contribution in [-0.2, 0) is 0 Å². The molecule has 0 atom stereocenters. The number of hydrogen-bond donors (Lipinski definition) is 0. The van der Waals surface area contributed by atoms with E-state index in [0.29, 0.717) is 0 Å². The number of rotatable bonds is 2. The van der Waals surface area contributed by atoms with Gasteiger partial charge in [-0.3, -0.25) is 4.99 Å². The first-order valence-electron chi connectivity index (χ1n) is 4.97. The fraction of sp³-hybridized carbons (Fsp3) is 0.308. The maximum absolute atomic E-state index is 4.38. The molecule has 0 heterocycles. The summed E-state index contributed by atoms with van der Waals surface area (Å²) in [6.07, 6.45) is 1.82. The molecule has 14 heavy (non-hydrogen) atoms. The Hall–Kier alpha value is -1.37. The molecule has 0 unspecified atom stereocenters. The molecule has 0 aromatic heterocycles. The lowest BCUT2D eigenvalue weighted by Gasteiger charge is -1.99. The molecule has 0 N–H and O–H groups in total. The van der Waals surface area contributed by atoms with Crippen LogP contribution in [0.15, 0.2) is 35.8 Å². The zero-order valence-electron chi connectivity index (χ0n) is 9.54. The topological polar surface area (TPSA) is 12.4 Å². The Morgan fingerprint density at radius 2 is 1.79 bits per heavy atom. The molecule has 0 saturated heterocycles. The zero-order chi connectivity index (χ0) is 11.0. The van der Waals surface area contributed by atoms with Gasteiger partial charge in [0, 0.05) is 5.71 Å². The quantitative estimate of drug-likeness (QED) is 0.609. The summed E-state index contributed by atoms with van der Waals surface area (Å²) >= 11 is 0. The molecule has 1 nitrogen and oxygen atoms in total. The van der Waals surface area contributed by atoms with Crippen molar-refractivity contribution < 1.29 is 0 Å². The number of hydrogen-bond acceptors (Lipinski definition) is 1. The maximum Gasteiger partial charge on any atom is 0.0700 e. The molecular formula is C13H19N. The number of para-hydroxylation sites is 1. The molecule has 0 bridgehead atoms. The van der Waals surface area contributed by atoms with Gasteiger partial charge in [-0.1, -0.05) is 44.7 Å². The van der Waals surface area contributed by atoms with Gasteiger partial charge in [-0.15, -0.1) is 0 Å². The van der Waals surface area contributed by atoms with E-state index in [-0.39, 0.29) is 0 Å². The molecule has 0 radical (unpaired) electrons. The predicted octanol–water partition coefficient (Wildman–Crippen LogP) is 4.47. The maximum atomic E-state index is 4.38. The van der Waals surface area contributed by atoms with Gasteiger partial charge in [0.1, 0.15) is 0 Å². The van der Waals surface area contributed by atoms with Gasteiger partial charge in [0.15, 0.2) is 0 Å². The van der Waals surface area contributed by atoms with Gasteiger partial charge in [0.05, 0.1) is 5.69 Å². The summed E-state index contributed by atoms with van der Waals surface area (Å²) in [7, 11) is 0. The van der Waals surface area contributed by atoms with E-state index in [0.717, 1.165) is 17.0 Å². The minimum Gasteiger partial charge on any atom is -0.258 e. The average molecular weight is 189 g/mol. The summed E-state index contributed by atoms with van der Waals surface area (Å²) in [6.45, 7) is 11.7. The van der Waals surface area contributed by atoms with Gasteiger partial charge in [-0.05, 0) is 25.5 Å². The van der Waals surface area contributed by atoms with Crippen molar-refractivity contribution >= 4 is 17.5 Å². The molecule has 76 valence electrons. The van der Waals surface area contributed by atoms with E-state index in [1.165, 1.54) is 0 Å². The Labute approximate surface area is 87.2 Å². The normalized spacial score (nSPS) is 8.29. The molecule has 0 amide bonds. The van der Waals surface area contributed by atoms with Crippen LogP contribution in [0.5, 0.6) is 0 Å². The van der Waals surface area contributed by atoms with E-state index in [4.69, 9.17) is 0 Å². The zero-order valence-corrected chi connectivity index (χ0v) is 9.54. The molecular weight excluding hydrogens is 170 g/mol. The Bertz CT molecular complexity index is 307. The molecule has 1 aromatic carbocycles. The van der Waals surface area contributed by atoms with Crippen LogP contribution in [0.4, 0.5) is 5.69 Å². The Morgan fingerprint density at radius 1 is 1.21 bits per heavy atom. The summed E-state index contributed by atoms with van der Waals surface area (Å²) in [5.74, 6) is 0. The van der Waals surface area contributed by atoms with Gasteiger partial charge < -0.3 is 0 Å². The van der Waals surface area contributed by atoms with Crippen LogP contribution in [-0.4, -0.2) is 5.71 Å². The van der Waals surface area contributed by atoms with Crippen molar-refractivity contribution in [3.63, 3.8) is 0 Å². The highest BCUT2D eigenvalue weighted by Gasteiger charge is 1.93. The van der Waals surface area contributed by atoms with Crippen LogP contribution in [0.3, 0.4) is 0 Å². The SMILES string of the molecule is C=Cc1ccccc1N=C(C)C.CC. The van der Waals surface area contributed by atoms with E-state index in [1.807, 2.05) is 58.0 Å². The highest BCUT2D eigenvalue weighted by Crippen LogP contribution is 2.19. The predicted molar refractivity (Wildman–Crippen MR) is 66.3 cm³/mol. The Morgan fingerprint density at radius 3 is 2.29 bits per heavy atom. The molecule has 1 rings (SSSR count). The van der Waals surface area contributed by atoms with Crippen LogP contribution in [0, 0.1) is 0 Å². The van der Waals surface area contributed by atoms with Crippen LogP contribution in [0.2, 0.25) is 0 Å². The highest BCUT2D eigenvalue weighted by molar-refractivity contribution is 5.83. The summed E-state index contributed by atoms with van der Waals surface area (Å²) in [5.41, 5.74) is 3.13. The molecule has 1 heteroatoms. The van der Waals surface area contributed by atoms with Crippen LogP contribution in [0.25, 0.3) is 6.08 Å². The van der Waals surface area contributed by atoms with Crippen molar-refractivity contribution in [1.82, 2.24) is 0 Å². The molecule has 0 aliphatic heterocycles. The van der Waals surface area contributed by atoms with Crippen molar-refractivity contribution in [1.29, 1.82) is 0 Å². The summed E-state index contributed by atoms with van der Waals surface area (Å²) < 4.78 is 0. The van der Waals surface area contributed by atoms with Gasteiger partial charge in [0.25, 0.3) is 0 Å². The standard InChI is InChI=1S/C11H13N.C2H6/c1-4-10-7-5-6-8-11(10)12-9(2)3;1-2/h4-8H,1H2,2-3H3;1-2H3. The van der Waals surface area contributed by atoms with E-state index in [2.05, 4.69) is 11.6 Å². The van der Waals surface area contributed by atoms with Crippen molar-refractivity contribution in [2.45, 2.75) is 27.7 Å². The minimum absolute atomic E-state index is 0.993. The summed E-state index contributed by atoms with van der Waals surface area (Å²) in [6, 6.07) is 7.97. The lowest BCUT2D eigenvalue weighted by Crippen LogP contribution is -1.80. The van der Waals surface area contributed by atoms with Crippen molar-refractivity contribution in [2.75, 3.05) is 0 Å². The van der Waals surface area contributed by atoms with Crippen molar-refractivity contribution in [3.05, 3.63) is 36.4 Å². The average Bonchev–Trinajstić information content (AvgIpc) is 2.21. The second-order valence-electron chi connectivity index (χ2n) is 2.82. The molecule has 0 fully saturated rings. The smallest absolute Gasteiger partial charge is 0.0700 e. The number of aliphatic imine (C=N–C) groups is 1. The largest absolute Gasteiger partial charge is 0.258 e. The third-order valence-electron chi connectivity index (χ3n) is 1.50. The van der Waals surface area contributed by atoms with Gasteiger partial charge in [0.2, 0.25) is 0 Å². The Balaban J connectivity index is 0.000000791.